The van der Waals surface area contributed by atoms with E-state index in [9.17, 15) is 14.5 Å². The van der Waals surface area contributed by atoms with Crippen molar-refractivity contribution in [3.05, 3.63) is 39.7 Å². The molecule has 5 heteroatoms. The maximum absolute atomic E-state index is 14.1. The summed E-state index contributed by atoms with van der Waals surface area (Å²) in [6.07, 6.45) is 4.75. The number of nitro benzene ring substituents is 1. The van der Waals surface area contributed by atoms with E-state index in [1.54, 1.807) is 12.1 Å². The van der Waals surface area contributed by atoms with Gasteiger partial charge in [-0.25, -0.2) is 0 Å². The minimum absolute atomic E-state index is 0.349. The van der Waals surface area contributed by atoms with Crippen LogP contribution in [-0.2, 0) is 6.54 Å². The van der Waals surface area contributed by atoms with Crippen LogP contribution in [0.4, 0.5) is 10.1 Å². The number of nitrogens with one attached hydrogen (secondary N) is 1. The number of rotatable bonds is 5. The molecule has 1 N–H and O–H groups in total. The van der Waals surface area contributed by atoms with Crippen molar-refractivity contribution in [1.82, 2.24) is 5.32 Å². The molecule has 1 saturated carbocycles. The van der Waals surface area contributed by atoms with Crippen LogP contribution in [0.15, 0.2) is 18.2 Å². The summed E-state index contributed by atoms with van der Waals surface area (Å²) in [5, 5.41) is 14.2. The van der Waals surface area contributed by atoms with Gasteiger partial charge in [0, 0.05) is 24.2 Å². The average molecular weight is 294 g/mol. The third-order valence-electron chi connectivity index (χ3n) is 4.49. The van der Waals surface area contributed by atoms with Crippen LogP contribution in [0.2, 0.25) is 0 Å². The summed E-state index contributed by atoms with van der Waals surface area (Å²) < 4.78 is 14.1. The van der Waals surface area contributed by atoms with E-state index < -0.39 is 16.4 Å². The summed E-state index contributed by atoms with van der Waals surface area (Å²) in [7, 11) is 0. The number of hydrogen-bond acceptors (Lipinski definition) is 3. The summed E-state index contributed by atoms with van der Waals surface area (Å²) >= 11 is 0. The fourth-order valence-corrected chi connectivity index (χ4v) is 3.30. The van der Waals surface area contributed by atoms with E-state index in [0.29, 0.717) is 30.0 Å². The first kappa shape index (κ1) is 15.9. The van der Waals surface area contributed by atoms with Crippen LogP contribution >= 0.6 is 0 Å². The average Bonchev–Trinajstić information content (AvgIpc) is 2.46. The Hall–Kier alpha value is -1.49. The Morgan fingerprint density at radius 3 is 2.76 bits per heavy atom. The lowest BCUT2D eigenvalue weighted by Crippen LogP contribution is -2.40. The van der Waals surface area contributed by atoms with Crippen LogP contribution in [0.5, 0.6) is 0 Å². The van der Waals surface area contributed by atoms with Crippen molar-refractivity contribution >= 4 is 5.69 Å². The molecule has 0 heterocycles. The molecule has 1 aromatic rings. The molecule has 1 aliphatic carbocycles. The van der Waals surface area contributed by atoms with E-state index in [-0.39, 0.29) is 0 Å². The minimum Gasteiger partial charge on any atom is -0.310 e. The zero-order valence-corrected chi connectivity index (χ0v) is 12.6. The molecule has 0 radical (unpaired) electrons. The lowest BCUT2D eigenvalue weighted by atomic mass is 9.78. The van der Waals surface area contributed by atoms with Gasteiger partial charge in [-0.3, -0.25) is 10.1 Å². The van der Waals surface area contributed by atoms with Crippen LogP contribution in [0.1, 0.15) is 45.1 Å². The summed E-state index contributed by atoms with van der Waals surface area (Å²) in [6, 6.07) is 4.73. The van der Waals surface area contributed by atoms with Gasteiger partial charge in [0.15, 0.2) is 0 Å². The molecule has 0 saturated heterocycles. The molecule has 1 fully saturated rings. The van der Waals surface area contributed by atoms with Gasteiger partial charge in [-0.1, -0.05) is 38.8 Å². The molecule has 4 nitrogen and oxygen atoms in total. The number of nitro groups is 1. The maximum atomic E-state index is 14.1. The summed E-state index contributed by atoms with van der Waals surface area (Å²) in [5.74, 6) is 0.477. The van der Waals surface area contributed by atoms with Crippen molar-refractivity contribution in [2.75, 3.05) is 0 Å². The smallest absolute Gasteiger partial charge is 0.305 e. The second kappa shape index (κ2) is 6.98. The van der Waals surface area contributed by atoms with Crippen molar-refractivity contribution in [3.63, 3.8) is 0 Å². The third-order valence-corrected chi connectivity index (χ3v) is 4.49. The maximum Gasteiger partial charge on any atom is 0.305 e. The van der Waals surface area contributed by atoms with E-state index in [0.717, 1.165) is 6.42 Å². The van der Waals surface area contributed by atoms with Gasteiger partial charge < -0.3 is 5.32 Å². The Labute approximate surface area is 124 Å². The Kier molecular flexibility index (Phi) is 5.28. The van der Waals surface area contributed by atoms with E-state index in [4.69, 9.17) is 0 Å². The Bertz CT molecular complexity index is 505. The van der Waals surface area contributed by atoms with Gasteiger partial charge in [0.25, 0.3) is 0 Å². The summed E-state index contributed by atoms with van der Waals surface area (Å²) in [5.41, 5.74) is -0.0735. The van der Waals surface area contributed by atoms with Crippen molar-refractivity contribution in [1.29, 1.82) is 0 Å². The SMILES string of the molecule is CC(C)C1CCCCC1NCc1cccc([N+](=O)[O-])c1F. The largest absolute Gasteiger partial charge is 0.310 e. The van der Waals surface area contributed by atoms with Crippen LogP contribution in [-0.4, -0.2) is 11.0 Å². The monoisotopic (exact) mass is 294 g/mol. The topological polar surface area (TPSA) is 55.2 Å². The van der Waals surface area contributed by atoms with Gasteiger partial charge in [-0.05, 0) is 24.7 Å². The number of halogens is 1. The van der Waals surface area contributed by atoms with Crippen molar-refractivity contribution in [2.45, 2.75) is 52.1 Å². The first-order valence-electron chi connectivity index (χ1n) is 7.66. The van der Waals surface area contributed by atoms with Gasteiger partial charge in [0.05, 0.1) is 4.92 Å². The van der Waals surface area contributed by atoms with E-state index >= 15 is 0 Å². The standard InChI is InChI=1S/C16H23FN2O2/c1-11(2)13-7-3-4-8-14(13)18-10-12-6-5-9-15(16(12)17)19(20)21/h5-6,9,11,13-14,18H,3-4,7-8,10H2,1-2H3. The summed E-state index contributed by atoms with van der Waals surface area (Å²) in [6.45, 7) is 4.79. The van der Waals surface area contributed by atoms with Crippen LogP contribution in [0.25, 0.3) is 0 Å². The van der Waals surface area contributed by atoms with Crippen LogP contribution < -0.4 is 5.32 Å². The molecule has 0 aromatic heterocycles. The highest BCUT2D eigenvalue weighted by molar-refractivity contribution is 5.36. The first-order chi connectivity index (χ1) is 10.0. The van der Waals surface area contributed by atoms with Gasteiger partial charge in [-0.15, -0.1) is 0 Å². The highest BCUT2D eigenvalue weighted by Gasteiger charge is 2.27. The molecule has 2 rings (SSSR count). The van der Waals surface area contributed by atoms with E-state index in [2.05, 4.69) is 19.2 Å². The number of hydrogen-bond donors (Lipinski definition) is 1. The number of nitrogens with zero attached hydrogens (tertiary/aromatic N) is 1. The Morgan fingerprint density at radius 1 is 1.38 bits per heavy atom. The van der Waals surface area contributed by atoms with Crippen molar-refractivity contribution in [3.8, 4) is 0 Å². The van der Waals surface area contributed by atoms with Crippen LogP contribution in [0, 0.1) is 27.8 Å². The van der Waals surface area contributed by atoms with Gasteiger partial charge in [-0.2, -0.15) is 4.39 Å². The Balaban J connectivity index is 2.05. The highest BCUT2D eigenvalue weighted by Crippen LogP contribution is 2.30. The lowest BCUT2D eigenvalue weighted by Gasteiger charge is -2.35. The number of benzene rings is 1. The summed E-state index contributed by atoms with van der Waals surface area (Å²) in [4.78, 5) is 10.1. The van der Waals surface area contributed by atoms with Gasteiger partial charge in [0.2, 0.25) is 5.82 Å². The zero-order valence-electron chi connectivity index (χ0n) is 12.6. The highest BCUT2D eigenvalue weighted by atomic mass is 19.1. The van der Waals surface area contributed by atoms with E-state index in [1.165, 1.54) is 25.3 Å². The second-order valence-electron chi connectivity index (χ2n) is 6.19. The molecule has 116 valence electrons. The third kappa shape index (κ3) is 3.79. The lowest BCUT2D eigenvalue weighted by molar-refractivity contribution is -0.387. The van der Waals surface area contributed by atoms with Gasteiger partial charge >= 0.3 is 5.69 Å². The molecule has 2 unspecified atom stereocenters. The zero-order chi connectivity index (χ0) is 15.4. The molecule has 1 aliphatic rings. The molecule has 0 aliphatic heterocycles. The van der Waals surface area contributed by atoms with Crippen molar-refractivity contribution < 1.29 is 9.31 Å². The molecule has 0 amide bonds. The normalized spacial score (nSPS) is 22.5. The minimum atomic E-state index is -0.716. The predicted molar refractivity (Wildman–Crippen MR) is 80.5 cm³/mol. The molecular formula is C16H23FN2O2. The molecular weight excluding hydrogens is 271 g/mol. The molecule has 0 spiro atoms. The predicted octanol–water partition coefficient (Wildman–Crippen LogP) is 4.04. The fourth-order valence-electron chi connectivity index (χ4n) is 3.30. The molecule has 21 heavy (non-hydrogen) atoms. The quantitative estimate of drug-likeness (QED) is 0.658. The van der Waals surface area contributed by atoms with Crippen LogP contribution in [0.3, 0.4) is 0 Å². The van der Waals surface area contributed by atoms with Crippen molar-refractivity contribution in [2.24, 2.45) is 11.8 Å². The Morgan fingerprint density at radius 2 is 2.10 bits per heavy atom. The molecule has 0 bridgehead atoms. The van der Waals surface area contributed by atoms with Gasteiger partial charge in [0.1, 0.15) is 0 Å². The van der Waals surface area contributed by atoms with E-state index in [1.807, 2.05) is 0 Å². The molecule has 2 atom stereocenters. The fraction of sp³-hybridized carbons (Fsp3) is 0.625. The first-order valence-corrected chi connectivity index (χ1v) is 7.66. The molecule has 1 aromatic carbocycles. The second-order valence-corrected chi connectivity index (χ2v) is 6.19.